The normalized spacial score (nSPS) is 17.3. The summed E-state index contributed by atoms with van der Waals surface area (Å²) in [5.74, 6) is 2.14. The number of guanidine groups is 1. The molecule has 0 aromatic carbocycles. The van der Waals surface area contributed by atoms with Crippen LogP contribution in [-0.4, -0.2) is 75.5 Å². The second kappa shape index (κ2) is 12.1. The van der Waals surface area contributed by atoms with Gasteiger partial charge in [-0.15, -0.1) is 0 Å². The molecule has 1 N–H and O–H groups in total. The van der Waals surface area contributed by atoms with Crippen LogP contribution in [-0.2, 0) is 9.47 Å². The Bertz CT molecular complexity index is 282. The van der Waals surface area contributed by atoms with E-state index in [9.17, 15) is 0 Å². The number of nitrogens with one attached hydrogen (secondary N) is 1. The summed E-state index contributed by atoms with van der Waals surface area (Å²) in [7, 11) is 1.73. The van der Waals surface area contributed by atoms with Crippen molar-refractivity contribution in [3.05, 3.63) is 0 Å². The Hall–Kier alpha value is -0.460. The molecule has 0 atom stereocenters. The number of ether oxygens (including phenoxy) is 2. The number of piperidine rings is 1. The summed E-state index contributed by atoms with van der Waals surface area (Å²) < 4.78 is 10.9. The first kappa shape index (κ1) is 18.6. The van der Waals surface area contributed by atoms with Gasteiger partial charge in [-0.25, -0.2) is 0 Å². The molecule has 1 heterocycles. The zero-order valence-corrected chi connectivity index (χ0v) is 14.6. The first-order valence-electron chi connectivity index (χ1n) is 7.94. The molecule has 5 nitrogen and oxygen atoms in total. The third kappa shape index (κ3) is 7.93. The molecule has 0 bridgehead atoms. The molecule has 0 aromatic heterocycles. The van der Waals surface area contributed by atoms with E-state index in [4.69, 9.17) is 14.5 Å². The molecule has 21 heavy (non-hydrogen) atoms. The molecule has 1 saturated heterocycles. The average Bonchev–Trinajstić information content (AvgIpc) is 2.52. The number of thioether (sulfide) groups is 1. The van der Waals surface area contributed by atoms with E-state index in [-0.39, 0.29) is 0 Å². The molecule has 0 amide bonds. The van der Waals surface area contributed by atoms with Gasteiger partial charge in [-0.3, -0.25) is 4.99 Å². The van der Waals surface area contributed by atoms with Gasteiger partial charge in [0.05, 0.1) is 12.6 Å². The highest BCUT2D eigenvalue weighted by molar-refractivity contribution is 7.98. The smallest absolute Gasteiger partial charge is 0.193 e. The van der Waals surface area contributed by atoms with Crippen LogP contribution in [0.3, 0.4) is 0 Å². The van der Waals surface area contributed by atoms with Crippen molar-refractivity contribution >= 4 is 17.7 Å². The molecule has 6 heteroatoms. The molecule has 1 rings (SSSR count). The molecule has 0 unspecified atom stereocenters. The zero-order valence-electron chi connectivity index (χ0n) is 13.8. The van der Waals surface area contributed by atoms with Gasteiger partial charge in [-0.2, -0.15) is 11.8 Å². The Labute approximate surface area is 133 Å². The van der Waals surface area contributed by atoms with E-state index in [0.29, 0.717) is 6.10 Å². The molecule has 0 spiro atoms. The number of nitrogens with zero attached hydrogens (tertiary/aromatic N) is 2. The number of rotatable bonds is 9. The van der Waals surface area contributed by atoms with Crippen LogP contribution in [0.2, 0.25) is 0 Å². The van der Waals surface area contributed by atoms with Gasteiger partial charge in [0.15, 0.2) is 5.96 Å². The molecule has 1 aliphatic rings. The Kier molecular flexibility index (Phi) is 10.7. The maximum absolute atomic E-state index is 5.90. The number of hydrogen-bond donors (Lipinski definition) is 1. The van der Waals surface area contributed by atoms with Crippen molar-refractivity contribution in [2.45, 2.75) is 32.3 Å². The maximum Gasteiger partial charge on any atom is 0.193 e. The van der Waals surface area contributed by atoms with Gasteiger partial charge in [0.1, 0.15) is 0 Å². The van der Waals surface area contributed by atoms with Crippen molar-refractivity contribution < 1.29 is 9.47 Å². The lowest BCUT2D eigenvalue weighted by molar-refractivity contribution is 0.00991. The second-order valence-corrected chi connectivity index (χ2v) is 6.12. The minimum absolute atomic E-state index is 0.396. The van der Waals surface area contributed by atoms with E-state index < -0.39 is 0 Å². The van der Waals surface area contributed by atoms with Gasteiger partial charge in [0, 0.05) is 45.7 Å². The molecule has 1 aliphatic heterocycles. The lowest BCUT2D eigenvalue weighted by Crippen LogP contribution is -2.47. The number of aliphatic imine (C=N–C) groups is 1. The summed E-state index contributed by atoms with van der Waals surface area (Å²) in [6.07, 6.45) is 5.66. The Morgan fingerprint density at radius 2 is 2.10 bits per heavy atom. The molecule has 0 aliphatic carbocycles. The molecule has 0 aromatic rings. The van der Waals surface area contributed by atoms with Gasteiger partial charge >= 0.3 is 0 Å². The fraction of sp³-hybridized carbons (Fsp3) is 0.933. The van der Waals surface area contributed by atoms with Crippen LogP contribution >= 0.6 is 11.8 Å². The van der Waals surface area contributed by atoms with Crippen LogP contribution in [0, 0.1) is 0 Å². The molecule has 0 radical (unpaired) electrons. The zero-order chi connectivity index (χ0) is 15.3. The summed E-state index contributed by atoms with van der Waals surface area (Å²) in [6.45, 7) is 7.57. The van der Waals surface area contributed by atoms with Crippen LogP contribution in [0.25, 0.3) is 0 Å². The third-order valence-corrected chi connectivity index (χ3v) is 4.07. The van der Waals surface area contributed by atoms with Crippen molar-refractivity contribution in [2.24, 2.45) is 4.99 Å². The standard InChI is InChI=1S/C15H31N3O2S/c1-4-16-15(17-8-13-21-3)18-9-6-14(7-10-18)20-12-5-11-19-2/h14H,4-13H2,1-3H3,(H,16,17). The Balaban J connectivity index is 2.29. The first-order chi connectivity index (χ1) is 10.3. The van der Waals surface area contributed by atoms with Crippen molar-refractivity contribution in [1.82, 2.24) is 10.2 Å². The van der Waals surface area contributed by atoms with Crippen molar-refractivity contribution in [2.75, 3.05) is 58.5 Å². The monoisotopic (exact) mass is 317 g/mol. The van der Waals surface area contributed by atoms with Crippen LogP contribution in [0.5, 0.6) is 0 Å². The molecule has 124 valence electrons. The largest absolute Gasteiger partial charge is 0.385 e. The van der Waals surface area contributed by atoms with E-state index in [1.165, 1.54) is 0 Å². The second-order valence-electron chi connectivity index (χ2n) is 5.13. The minimum atomic E-state index is 0.396. The third-order valence-electron chi connectivity index (χ3n) is 3.48. The van der Waals surface area contributed by atoms with E-state index >= 15 is 0 Å². The highest BCUT2D eigenvalue weighted by atomic mass is 32.2. The fourth-order valence-electron chi connectivity index (χ4n) is 2.36. The van der Waals surface area contributed by atoms with E-state index in [1.54, 1.807) is 7.11 Å². The highest BCUT2D eigenvalue weighted by Gasteiger charge is 2.21. The van der Waals surface area contributed by atoms with Gasteiger partial charge in [-0.05, 0) is 32.4 Å². The maximum atomic E-state index is 5.90. The predicted molar refractivity (Wildman–Crippen MR) is 91.4 cm³/mol. The average molecular weight is 317 g/mol. The summed E-state index contributed by atoms with van der Waals surface area (Å²) in [4.78, 5) is 7.05. The van der Waals surface area contributed by atoms with Crippen LogP contribution in [0.15, 0.2) is 4.99 Å². The topological polar surface area (TPSA) is 46.1 Å². The molecule has 1 fully saturated rings. The Morgan fingerprint density at radius 3 is 2.71 bits per heavy atom. The summed E-state index contributed by atoms with van der Waals surface area (Å²) in [5, 5.41) is 3.40. The van der Waals surface area contributed by atoms with Gasteiger partial charge < -0.3 is 19.7 Å². The van der Waals surface area contributed by atoms with Gasteiger partial charge in [0.25, 0.3) is 0 Å². The van der Waals surface area contributed by atoms with Crippen LogP contribution in [0.1, 0.15) is 26.2 Å². The van der Waals surface area contributed by atoms with Gasteiger partial charge in [0.2, 0.25) is 0 Å². The summed E-state index contributed by atoms with van der Waals surface area (Å²) >= 11 is 1.84. The van der Waals surface area contributed by atoms with E-state index in [0.717, 1.165) is 70.4 Å². The van der Waals surface area contributed by atoms with E-state index in [1.807, 2.05) is 11.8 Å². The first-order valence-corrected chi connectivity index (χ1v) is 9.34. The number of likely N-dealkylation sites (tertiary alicyclic amines) is 1. The molecule has 0 saturated carbocycles. The summed E-state index contributed by atoms with van der Waals surface area (Å²) in [5.41, 5.74) is 0. The molecular weight excluding hydrogens is 286 g/mol. The van der Waals surface area contributed by atoms with Crippen LogP contribution in [0.4, 0.5) is 0 Å². The lowest BCUT2D eigenvalue weighted by Gasteiger charge is -2.34. The Morgan fingerprint density at radius 1 is 1.33 bits per heavy atom. The number of hydrogen-bond acceptors (Lipinski definition) is 4. The minimum Gasteiger partial charge on any atom is -0.385 e. The highest BCUT2D eigenvalue weighted by Crippen LogP contribution is 2.14. The lowest BCUT2D eigenvalue weighted by atomic mass is 10.1. The van der Waals surface area contributed by atoms with Crippen molar-refractivity contribution in [3.63, 3.8) is 0 Å². The van der Waals surface area contributed by atoms with Crippen LogP contribution < -0.4 is 5.32 Å². The number of methoxy groups -OCH3 is 1. The van der Waals surface area contributed by atoms with Crippen molar-refractivity contribution in [3.8, 4) is 0 Å². The predicted octanol–water partition coefficient (Wildman–Crippen LogP) is 1.83. The van der Waals surface area contributed by atoms with Gasteiger partial charge in [-0.1, -0.05) is 0 Å². The van der Waals surface area contributed by atoms with E-state index in [2.05, 4.69) is 23.4 Å². The summed E-state index contributed by atoms with van der Waals surface area (Å²) in [6, 6.07) is 0. The fourth-order valence-corrected chi connectivity index (χ4v) is 2.63. The quantitative estimate of drug-likeness (QED) is 0.399. The van der Waals surface area contributed by atoms with Crippen molar-refractivity contribution in [1.29, 1.82) is 0 Å². The SMILES string of the molecule is CCNC(=NCCSC)N1CCC(OCCCOC)CC1. The molecular formula is C15H31N3O2S.